The second-order valence-electron chi connectivity index (χ2n) is 7.73. The molecule has 3 aromatic rings. The van der Waals surface area contributed by atoms with Gasteiger partial charge in [0.25, 0.3) is 5.22 Å². The number of carbonyl (C=O) groups excluding carboxylic acids is 1. The Balaban J connectivity index is 1.27. The van der Waals surface area contributed by atoms with Gasteiger partial charge in [0.2, 0.25) is 11.8 Å². The molecule has 0 aliphatic carbocycles. The molecule has 9 heteroatoms. The minimum absolute atomic E-state index is 0.0778. The summed E-state index contributed by atoms with van der Waals surface area (Å²) in [5.74, 6) is 0.819. The first kappa shape index (κ1) is 23.4. The topological polar surface area (TPSA) is 65.7 Å². The lowest BCUT2D eigenvalue weighted by molar-refractivity contribution is -0.128. The third-order valence-electron chi connectivity index (χ3n) is 5.77. The number of rotatable bonds is 8. The zero-order valence-corrected chi connectivity index (χ0v) is 20.5. The van der Waals surface area contributed by atoms with Gasteiger partial charge in [-0.3, -0.25) is 4.79 Å². The van der Waals surface area contributed by atoms with Crippen LogP contribution in [0.25, 0.3) is 11.5 Å². The van der Waals surface area contributed by atoms with Crippen molar-refractivity contribution >= 4 is 40.6 Å². The first-order valence-electron chi connectivity index (χ1n) is 11.2. The van der Waals surface area contributed by atoms with Crippen LogP contribution in [0.4, 0.5) is 11.4 Å². The molecule has 1 aromatic heterocycles. The van der Waals surface area contributed by atoms with Crippen molar-refractivity contribution in [1.29, 1.82) is 0 Å². The molecule has 0 radical (unpaired) electrons. The summed E-state index contributed by atoms with van der Waals surface area (Å²) in [6.07, 6.45) is 0. The molecule has 0 bridgehead atoms. The summed E-state index contributed by atoms with van der Waals surface area (Å²) in [7, 11) is 0. The highest BCUT2D eigenvalue weighted by atomic mass is 35.5. The highest BCUT2D eigenvalue weighted by Crippen LogP contribution is 2.26. The Bertz CT molecular complexity index is 1060. The molecular weight excluding hydrogens is 458 g/mol. The number of amides is 1. The van der Waals surface area contributed by atoms with E-state index in [1.165, 1.54) is 17.4 Å². The van der Waals surface area contributed by atoms with Gasteiger partial charge in [0.1, 0.15) is 0 Å². The van der Waals surface area contributed by atoms with Crippen LogP contribution >= 0.6 is 23.4 Å². The third kappa shape index (κ3) is 5.81. The fraction of sp³-hybridized carbons (Fsp3) is 0.375. The van der Waals surface area contributed by atoms with Crippen molar-refractivity contribution in [3.05, 3.63) is 53.6 Å². The van der Waals surface area contributed by atoms with Gasteiger partial charge in [-0.1, -0.05) is 29.4 Å². The molecule has 1 aliphatic rings. The fourth-order valence-electron chi connectivity index (χ4n) is 3.89. The number of hydrogen-bond donors (Lipinski definition) is 0. The molecule has 2 heterocycles. The molecule has 4 rings (SSSR count). The van der Waals surface area contributed by atoms with Crippen LogP contribution in [0.15, 0.2) is 58.2 Å². The van der Waals surface area contributed by atoms with Gasteiger partial charge in [0.15, 0.2) is 0 Å². The average molecular weight is 486 g/mol. The minimum atomic E-state index is 0.0778. The molecule has 2 aromatic carbocycles. The summed E-state index contributed by atoms with van der Waals surface area (Å²) in [6, 6.07) is 15.9. The van der Waals surface area contributed by atoms with E-state index in [4.69, 9.17) is 16.0 Å². The Morgan fingerprint density at radius 1 is 1.06 bits per heavy atom. The van der Waals surface area contributed by atoms with Crippen molar-refractivity contribution < 1.29 is 9.21 Å². The number of carbonyl (C=O) groups is 1. The van der Waals surface area contributed by atoms with Crippen LogP contribution in [-0.4, -0.2) is 66.0 Å². The molecule has 0 saturated carbocycles. The van der Waals surface area contributed by atoms with Crippen LogP contribution in [0.3, 0.4) is 0 Å². The van der Waals surface area contributed by atoms with Gasteiger partial charge in [-0.2, -0.15) is 0 Å². The standard InChI is InChI=1S/C24H28ClN5O2S/c1-3-28(4-2)20-10-8-18(9-11-20)23-26-27-24(32-23)33-17-22(31)30-14-12-29(13-15-30)21-7-5-6-19(25)16-21/h5-11,16H,3-4,12-15,17H2,1-2H3. The van der Waals surface area contributed by atoms with Crippen molar-refractivity contribution in [3.8, 4) is 11.5 Å². The summed E-state index contributed by atoms with van der Waals surface area (Å²) in [4.78, 5) is 19.1. The number of aromatic nitrogens is 2. The van der Waals surface area contributed by atoms with Gasteiger partial charge in [0.05, 0.1) is 5.75 Å². The zero-order chi connectivity index (χ0) is 23.2. The molecule has 1 saturated heterocycles. The van der Waals surface area contributed by atoms with Crippen molar-refractivity contribution in [1.82, 2.24) is 15.1 Å². The van der Waals surface area contributed by atoms with E-state index >= 15 is 0 Å². The fourth-order valence-corrected chi connectivity index (χ4v) is 4.74. The second kappa shape index (κ2) is 10.9. The predicted molar refractivity (Wildman–Crippen MR) is 134 cm³/mol. The molecule has 0 unspecified atom stereocenters. The smallest absolute Gasteiger partial charge is 0.277 e. The maximum absolute atomic E-state index is 12.7. The van der Waals surface area contributed by atoms with E-state index in [0.717, 1.165) is 42.5 Å². The molecule has 33 heavy (non-hydrogen) atoms. The normalized spacial score (nSPS) is 13.9. The van der Waals surface area contributed by atoms with E-state index in [2.05, 4.69) is 46.0 Å². The lowest BCUT2D eigenvalue weighted by Gasteiger charge is -2.36. The molecular formula is C24H28ClN5O2S. The third-order valence-corrected chi connectivity index (χ3v) is 6.81. The van der Waals surface area contributed by atoms with Crippen LogP contribution < -0.4 is 9.80 Å². The van der Waals surface area contributed by atoms with E-state index in [1.54, 1.807) is 0 Å². The number of thioether (sulfide) groups is 1. The van der Waals surface area contributed by atoms with Crippen LogP contribution in [-0.2, 0) is 4.79 Å². The van der Waals surface area contributed by atoms with E-state index < -0.39 is 0 Å². The second-order valence-corrected chi connectivity index (χ2v) is 9.09. The first-order chi connectivity index (χ1) is 16.1. The van der Waals surface area contributed by atoms with Crippen LogP contribution in [0.2, 0.25) is 5.02 Å². The predicted octanol–water partition coefficient (Wildman–Crippen LogP) is 4.68. The van der Waals surface area contributed by atoms with Crippen molar-refractivity contribution in [3.63, 3.8) is 0 Å². The van der Waals surface area contributed by atoms with E-state index in [1.807, 2.05) is 41.3 Å². The Hall–Kier alpha value is -2.71. The Kier molecular flexibility index (Phi) is 7.77. The lowest BCUT2D eigenvalue weighted by atomic mass is 10.2. The maximum atomic E-state index is 12.7. The summed E-state index contributed by atoms with van der Waals surface area (Å²) >= 11 is 7.38. The molecule has 1 fully saturated rings. The molecule has 0 spiro atoms. The number of halogens is 1. The molecule has 1 aliphatic heterocycles. The Labute approximate surface area is 203 Å². The van der Waals surface area contributed by atoms with Gasteiger partial charge in [0, 0.05) is 61.2 Å². The SMILES string of the molecule is CCN(CC)c1ccc(-c2nnc(SCC(=O)N3CCN(c4cccc(Cl)c4)CC3)o2)cc1. The van der Waals surface area contributed by atoms with Crippen LogP contribution in [0.5, 0.6) is 0 Å². The Morgan fingerprint density at radius 3 is 2.45 bits per heavy atom. The summed E-state index contributed by atoms with van der Waals surface area (Å²) in [6.45, 7) is 9.12. The van der Waals surface area contributed by atoms with Crippen molar-refractivity contribution in [2.24, 2.45) is 0 Å². The quantitative estimate of drug-likeness (QED) is 0.429. The molecule has 0 atom stereocenters. The molecule has 0 N–H and O–H groups in total. The zero-order valence-electron chi connectivity index (χ0n) is 18.9. The largest absolute Gasteiger partial charge is 0.411 e. The van der Waals surface area contributed by atoms with E-state index in [9.17, 15) is 4.79 Å². The van der Waals surface area contributed by atoms with Gasteiger partial charge in [-0.05, 0) is 56.3 Å². The number of benzene rings is 2. The monoisotopic (exact) mass is 485 g/mol. The van der Waals surface area contributed by atoms with Gasteiger partial charge in [-0.25, -0.2) is 0 Å². The summed E-state index contributed by atoms with van der Waals surface area (Å²) in [5.41, 5.74) is 3.13. The van der Waals surface area contributed by atoms with E-state index in [-0.39, 0.29) is 11.7 Å². The van der Waals surface area contributed by atoms with Gasteiger partial charge >= 0.3 is 0 Å². The highest BCUT2D eigenvalue weighted by Gasteiger charge is 2.22. The first-order valence-corrected chi connectivity index (χ1v) is 12.5. The highest BCUT2D eigenvalue weighted by molar-refractivity contribution is 7.99. The lowest BCUT2D eigenvalue weighted by Crippen LogP contribution is -2.49. The van der Waals surface area contributed by atoms with Crippen LogP contribution in [0, 0.1) is 0 Å². The van der Waals surface area contributed by atoms with Gasteiger partial charge in [-0.15, -0.1) is 10.2 Å². The minimum Gasteiger partial charge on any atom is -0.411 e. The number of hydrogen-bond acceptors (Lipinski definition) is 7. The summed E-state index contributed by atoms with van der Waals surface area (Å²) in [5, 5.41) is 9.38. The van der Waals surface area contributed by atoms with Crippen molar-refractivity contribution in [2.75, 3.05) is 54.8 Å². The molecule has 7 nitrogen and oxygen atoms in total. The Morgan fingerprint density at radius 2 is 1.79 bits per heavy atom. The van der Waals surface area contributed by atoms with E-state index in [0.29, 0.717) is 24.2 Å². The van der Waals surface area contributed by atoms with Crippen LogP contribution in [0.1, 0.15) is 13.8 Å². The number of nitrogens with zero attached hydrogens (tertiary/aromatic N) is 5. The maximum Gasteiger partial charge on any atom is 0.277 e. The molecule has 1 amide bonds. The number of piperazine rings is 1. The summed E-state index contributed by atoms with van der Waals surface area (Å²) < 4.78 is 5.78. The average Bonchev–Trinajstić information content (AvgIpc) is 3.33. The van der Waals surface area contributed by atoms with Crippen molar-refractivity contribution in [2.45, 2.75) is 19.1 Å². The molecule has 174 valence electrons. The number of anilines is 2. The van der Waals surface area contributed by atoms with Gasteiger partial charge < -0.3 is 19.1 Å².